The Hall–Kier alpha value is -2.34. The van der Waals surface area contributed by atoms with Gasteiger partial charge in [-0.15, -0.1) is 0 Å². The number of hydrogen-bond acceptors (Lipinski definition) is 6. The van der Waals surface area contributed by atoms with E-state index in [2.05, 4.69) is 44.5 Å². The molecule has 0 aliphatic heterocycles. The molecule has 20 heavy (non-hydrogen) atoms. The van der Waals surface area contributed by atoms with Crippen molar-refractivity contribution in [3.8, 4) is 0 Å². The summed E-state index contributed by atoms with van der Waals surface area (Å²) in [7, 11) is 4.05. The van der Waals surface area contributed by atoms with Gasteiger partial charge in [0.15, 0.2) is 0 Å². The number of rotatable bonds is 5. The average molecular weight is 272 g/mol. The lowest BCUT2D eigenvalue weighted by Gasteiger charge is -2.13. The second kappa shape index (κ2) is 6.21. The van der Waals surface area contributed by atoms with Crippen molar-refractivity contribution in [2.24, 2.45) is 0 Å². The van der Waals surface area contributed by atoms with E-state index in [0.29, 0.717) is 12.4 Å². The van der Waals surface area contributed by atoms with Gasteiger partial charge in [0.05, 0.1) is 0 Å². The zero-order chi connectivity index (χ0) is 14.5. The highest BCUT2D eigenvalue weighted by molar-refractivity contribution is 5.46. The van der Waals surface area contributed by atoms with E-state index < -0.39 is 0 Å². The number of nitrogen functional groups attached to an aromatic ring is 2. The summed E-state index contributed by atoms with van der Waals surface area (Å²) in [5.74, 6) is 0.624. The summed E-state index contributed by atoms with van der Waals surface area (Å²) < 4.78 is 0. The second-order valence-corrected chi connectivity index (χ2v) is 4.80. The SMILES string of the molecule is CN(C)c1ccc(CNCc2cnc(N)nc2N)cc1. The van der Waals surface area contributed by atoms with Crippen molar-refractivity contribution in [2.75, 3.05) is 30.5 Å². The Balaban J connectivity index is 1.89. The van der Waals surface area contributed by atoms with Crippen LogP contribution in [-0.2, 0) is 13.1 Å². The van der Waals surface area contributed by atoms with E-state index in [9.17, 15) is 0 Å². The molecule has 0 bridgehead atoms. The van der Waals surface area contributed by atoms with E-state index in [1.54, 1.807) is 6.20 Å². The minimum absolute atomic E-state index is 0.200. The Morgan fingerprint density at radius 1 is 1.10 bits per heavy atom. The zero-order valence-corrected chi connectivity index (χ0v) is 11.8. The first kappa shape index (κ1) is 14.1. The van der Waals surface area contributed by atoms with Crippen LogP contribution < -0.4 is 21.7 Å². The minimum Gasteiger partial charge on any atom is -0.383 e. The topological polar surface area (TPSA) is 93.1 Å². The van der Waals surface area contributed by atoms with Gasteiger partial charge >= 0.3 is 0 Å². The van der Waals surface area contributed by atoms with E-state index >= 15 is 0 Å². The van der Waals surface area contributed by atoms with Crippen LogP contribution >= 0.6 is 0 Å². The van der Waals surface area contributed by atoms with Crippen molar-refractivity contribution in [2.45, 2.75) is 13.1 Å². The largest absolute Gasteiger partial charge is 0.383 e. The summed E-state index contributed by atoms with van der Waals surface area (Å²) in [5.41, 5.74) is 14.5. The Morgan fingerprint density at radius 2 is 1.80 bits per heavy atom. The Morgan fingerprint density at radius 3 is 2.40 bits per heavy atom. The van der Waals surface area contributed by atoms with Crippen LogP contribution in [0, 0.1) is 0 Å². The van der Waals surface area contributed by atoms with Crippen LogP contribution in [-0.4, -0.2) is 24.1 Å². The minimum atomic E-state index is 0.200. The van der Waals surface area contributed by atoms with E-state index in [4.69, 9.17) is 11.5 Å². The standard InChI is InChI=1S/C14H20N6/c1-20(2)12-5-3-10(4-6-12)7-17-8-11-9-18-14(16)19-13(11)15/h3-6,9,17H,7-8H2,1-2H3,(H4,15,16,18,19). The van der Waals surface area contributed by atoms with Crippen molar-refractivity contribution in [3.05, 3.63) is 41.6 Å². The molecule has 1 heterocycles. The first-order valence-electron chi connectivity index (χ1n) is 6.40. The Bertz CT molecular complexity index is 564. The maximum Gasteiger partial charge on any atom is 0.221 e. The van der Waals surface area contributed by atoms with Gasteiger partial charge in [-0.2, -0.15) is 4.98 Å². The van der Waals surface area contributed by atoms with Gasteiger partial charge in [-0.1, -0.05) is 12.1 Å². The van der Waals surface area contributed by atoms with Gasteiger partial charge in [0.1, 0.15) is 5.82 Å². The van der Waals surface area contributed by atoms with Crippen LogP contribution in [0.3, 0.4) is 0 Å². The number of anilines is 3. The molecule has 106 valence electrons. The summed E-state index contributed by atoms with van der Waals surface area (Å²) >= 11 is 0. The molecule has 1 aromatic heterocycles. The van der Waals surface area contributed by atoms with E-state index in [1.807, 2.05) is 14.1 Å². The first-order valence-corrected chi connectivity index (χ1v) is 6.40. The number of nitrogens with one attached hydrogen (secondary N) is 1. The zero-order valence-electron chi connectivity index (χ0n) is 11.8. The highest BCUT2D eigenvalue weighted by Crippen LogP contribution is 2.12. The van der Waals surface area contributed by atoms with Gasteiger partial charge < -0.3 is 21.7 Å². The van der Waals surface area contributed by atoms with Crippen LogP contribution in [0.4, 0.5) is 17.5 Å². The normalized spacial score (nSPS) is 10.5. The third-order valence-electron chi connectivity index (χ3n) is 3.01. The van der Waals surface area contributed by atoms with Crippen molar-refractivity contribution in [3.63, 3.8) is 0 Å². The number of aromatic nitrogens is 2. The van der Waals surface area contributed by atoms with Crippen LogP contribution in [0.1, 0.15) is 11.1 Å². The van der Waals surface area contributed by atoms with Crippen molar-refractivity contribution < 1.29 is 0 Å². The molecule has 0 aliphatic carbocycles. The fourth-order valence-corrected chi connectivity index (χ4v) is 1.82. The van der Waals surface area contributed by atoms with Gasteiger partial charge in [0, 0.05) is 44.6 Å². The van der Waals surface area contributed by atoms with Gasteiger partial charge in [0.25, 0.3) is 0 Å². The lowest BCUT2D eigenvalue weighted by molar-refractivity contribution is 0.691. The third-order valence-corrected chi connectivity index (χ3v) is 3.01. The van der Waals surface area contributed by atoms with Gasteiger partial charge in [-0.05, 0) is 17.7 Å². The number of hydrogen-bond donors (Lipinski definition) is 3. The Kier molecular flexibility index (Phi) is 4.37. The molecule has 0 saturated heterocycles. The molecule has 0 fully saturated rings. The maximum atomic E-state index is 5.78. The fourth-order valence-electron chi connectivity index (χ4n) is 1.82. The fraction of sp³-hybridized carbons (Fsp3) is 0.286. The average Bonchev–Trinajstić information content (AvgIpc) is 2.42. The summed E-state index contributed by atoms with van der Waals surface area (Å²) in [6.45, 7) is 1.37. The van der Waals surface area contributed by atoms with E-state index in [1.165, 1.54) is 11.3 Å². The molecule has 0 aliphatic rings. The molecule has 6 nitrogen and oxygen atoms in total. The molecule has 0 spiro atoms. The van der Waals surface area contributed by atoms with Gasteiger partial charge in [-0.3, -0.25) is 0 Å². The lowest BCUT2D eigenvalue weighted by Crippen LogP contribution is -2.15. The van der Waals surface area contributed by atoms with Crippen LogP contribution in [0.25, 0.3) is 0 Å². The van der Waals surface area contributed by atoms with Crippen LogP contribution in [0.5, 0.6) is 0 Å². The molecule has 6 heteroatoms. The second-order valence-electron chi connectivity index (χ2n) is 4.80. The smallest absolute Gasteiger partial charge is 0.221 e. The van der Waals surface area contributed by atoms with Crippen LogP contribution in [0.2, 0.25) is 0 Å². The third kappa shape index (κ3) is 3.58. The molecule has 0 atom stereocenters. The van der Waals surface area contributed by atoms with Gasteiger partial charge in [-0.25, -0.2) is 4.98 Å². The first-order chi connectivity index (χ1) is 9.56. The number of nitrogens with zero attached hydrogens (tertiary/aromatic N) is 3. The summed E-state index contributed by atoms with van der Waals surface area (Å²) in [4.78, 5) is 9.94. The quantitative estimate of drug-likeness (QED) is 0.752. The maximum absolute atomic E-state index is 5.78. The van der Waals surface area contributed by atoms with Gasteiger partial charge in [0.2, 0.25) is 5.95 Å². The molecule has 0 unspecified atom stereocenters. The Labute approximate surface area is 118 Å². The monoisotopic (exact) mass is 272 g/mol. The molecule has 0 saturated carbocycles. The van der Waals surface area contributed by atoms with Crippen molar-refractivity contribution in [1.82, 2.24) is 15.3 Å². The molecule has 5 N–H and O–H groups in total. The summed E-state index contributed by atoms with van der Waals surface area (Å²) in [6, 6.07) is 8.39. The molecule has 2 aromatic rings. The van der Waals surface area contributed by atoms with E-state index in [0.717, 1.165) is 12.1 Å². The van der Waals surface area contributed by atoms with Crippen molar-refractivity contribution >= 4 is 17.5 Å². The summed E-state index contributed by atoms with van der Waals surface area (Å²) in [6.07, 6.45) is 1.65. The van der Waals surface area contributed by atoms with Crippen LogP contribution in [0.15, 0.2) is 30.5 Å². The molecular weight excluding hydrogens is 252 g/mol. The highest BCUT2D eigenvalue weighted by atomic mass is 15.1. The molecular formula is C14H20N6. The number of benzene rings is 1. The summed E-state index contributed by atoms with van der Waals surface area (Å²) in [5, 5.41) is 3.31. The molecule has 2 rings (SSSR count). The van der Waals surface area contributed by atoms with Crippen molar-refractivity contribution in [1.29, 1.82) is 0 Å². The van der Waals surface area contributed by atoms with E-state index in [-0.39, 0.29) is 5.95 Å². The molecule has 1 aromatic carbocycles. The molecule has 0 amide bonds. The predicted octanol–water partition coefficient (Wildman–Crippen LogP) is 0.997. The highest BCUT2D eigenvalue weighted by Gasteiger charge is 2.02. The molecule has 0 radical (unpaired) electrons. The lowest BCUT2D eigenvalue weighted by atomic mass is 10.2. The predicted molar refractivity (Wildman–Crippen MR) is 82.2 cm³/mol. The number of nitrogens with two attached hydrogens (primary N) is 2.